The third kappa shape index (κ3) is 4.15. The van der Waals surface area contributed by atoms with Crippen LogP contribution in [-0.2, 0) is 11.3 Å². The molecule has 1 atom stereocenters. The zero-order valence-electron chi connectivity index (χ0n) is 13.0. The summed E-state index contributed by atoms with van der Waals surface area (Å²) in [6, 6.07) is 5.18. The second kappa shape index (κ2) is 6.73. The van der Waals surface area contributed by atoms with Gasteiger partial charge < -0.3 is 14.8 Å². The van der Waals surface area contributed by atoms with Gasteiger partial charge in [-0.25, -0.2) is 0 Å². The summed E-state index contributed by atoms with van der Waals surface area (Å²) in [7, 11) is 1.70. The van der Waals surface area contributed by atoms with Gasteiger partial charge in [-0.2, -0.15) is 0 Å². The number of hydrogen-bond donors (Lipinski definition) is 1. The normalized spacial score (nSPS) is 23.2. The second-order valence-electron chi connectivity index (χ2n) is 6.02. The van der Waals surface area contributed by atoms with Gasteiger partial charge in [0, 0.05) is 49.5 Å². The third-order valence-electron chi connectivity index (χ3n) is 4.15. The predicted octanol–water partition coefficient (Wildman–Crippen LogP) is 1.35. The molecular weight excluding hydrogens is 266 g/mol. The van der Waals surface area contributed by atoms with E-state index in [4.69, 9.17) is 9.47 Å². The van der Waals surface area contributed by atoms with Crippen LogP contribution in [0.25, 0.3) is 0 Å². The van der Waals surface area contributed by atoms with Gasteiger partial charge in [-0.3, -0.25) is 9.88 Å². The molecule has 1 aromatic heterocycles. The molecule has 2 heterocycles. The van der Waals surface area contributed by atoms with E-state index in [1.54, 1.807) is 7.11 Å². The Morgan fingerprint density at radius 2 is 2.29 bits per heavy atom. The molecule has 2 fully saturated rings. The van der Waals surface area contributed by atoms with E-state index in [0.717, 1.165) is 56.0 Å². The van der Waals surface area contributed by atoms with Gasteiger partial charge in [-0.1, -0.05) is 0 Å². The molecule has 1 saturated heterocycles. The molecule has 1 aliphatic heterocycles. The van der Waals surface area contributed by atoms with E-state index in [0.29, 0.717) is 6.04 Å². The molecule has 5 nitrogen and oxygen atoms in total. The fraction of sp³-hybridized carbons (Fsp3) is 0.688. The number of morpholine rings is 1. The van der Waals surface area contributed by atoms with E-state index in [1.807, 2.05) is 19.1 Å². The number of aryl methyl sites for hydroxylation is 1. The smallest absolute Gasteiger partial charge is 0.122 e. The molecule has 21 heavy (non-hydrogen) atoms. The van der Waals surface area contributed by atoms with Crippen LogP contribution in [0.1, 0.15) is 24.2 Å². The Labute approximate surface area is 126 Å². The lowest BCUT2D eigenvalue weighted by Gasteiger charge is -2.35. The minimum Gasteiger partial charge on any atom is -0.497 e. The van der Waals surface area contributed by atoms with Crippen molar-refractivity contribution in [2.24, 2.45) is 0 Å². The van der Waals surface area contributed by atoms with Crippen molar-refractivity contribution >= 4 is 0 Å². The zero-order chi connectivity index (χ0) is 14.7. The van der Waals surface area contributed by atoms with E-state index in [1.165, 1.54) is 12.8 Å². The number of nitrogens with one attached hydrogen (secondary N) is 1. The van der Waals surface area contributed by atoms with Gasteiger partial charge >= 0.3 is 0 Å². The first kappa shape index (κ1) is 14.8. The van der Waals surface area contributed by atoms with Crippen LogP contribution in [0.15, 0.2) is 12.1 Å². The maximum atomic E-state index is 5.64. The van der Waals surface area contributed by atoms with Crippen molar-refractivity contribution in [2.75, 3.05) is 33.4 Å². The fourth-order valence-corrected chi connectivity index (χ4v) is 2.79. The van der Waals surface area contributed by atoms with E-state index in [2.05, 4.69) is 15.2 Å². The maximum Gasteiger partial charge on any atom is 0.122 e. The van der Waals surface area contributed by atoms with Crippen molar-refractivity contribution < 1.29 is 9.47 Å². The first-order valence-corrected chi connectivity index (χ1v) is 7.81. The SMILES string of the molecule is COc1cc(C)nc(CN2CCOCC2CNC2CC2)c1. The molecule has 1 unspecified atom stereocenters. The van der Waals surface area contributed by atoms with E-state index in [-0.39, 0.29) is 0 Å². The molecule has 1 aromatic rings. The lowest BCUT2D eigenvalue weighted by Crippen LogP contribution is -2.50. The molecule has 0 aromatic carbocycles. The molecule has 2 aliphatic rings. The molecule has 5 heteroatoms. The quantitative estimate of drug-likeness (QED) is 0.857. The van der Waals surface area contributed by atoms with Gasteiger partial charge in [0.15, 0.2) is 0 Å². The predicted molar refractivity (Wildman–Crippen MR) is 81.6 cm³/mol. The highest BCUT2D eigenvalue weighted by atomic mass is 16.5. The molecule has 3 rings (SSSR count). The minimum absolute atomic E-state index is 0.438. The Morgan fingerprint density at radius 3 is 3.05 bits per heavy atom. The highest BCUT2D eigenvalue weighted by Gasteiger charge is 2.27. The van der Waals surface area contributed by atoms with Gasteiger partial charge in [-0.05, 0) is 19.8 Å². The zero-order valence-corrected chi connectivity index (χ0v) is 13.0. The van der Waals surface area contributed by atoms with Crippen molar-refractivity contribution in [3.05, 3.63) is 23.5 Å². The Hall–Kier alpha value is -1.17. The number of nitrogens with zero attached hydrogens (tertiary/aromatic N) is 2. The highest BCUT2D eigenvalue weighted by molar-refractivity contribution is 5.26. The molecule has 0 radical (unpaired) electrons. The molecule has 0 bridgehead atoms. The van der Waals surface area contributed by atoms with Crippen molar-refractivity contribution in [2.45, 2.75) is 38.4 Å². The molecule has 1 N–H and O–H groups in total. The largest absolute Gasteiger partial charge is 0.497 e. The van der Waals surface area contributed by atoms with Crippen LogP contribution in [-0.4, -0.2) is 55.4 Å². The number of rotatable bonds is 6. The summed E-state index contributed by atoms with van der Waals surface area (Å²) in [5.74, 6) is 0.887. The molecule has 1 saturated carbocycles. The molecule has 0 spiro atoms. The van der Waals surface area contributed by atoms with E-state index < -0.39 is 0 Å². The Bertz CT molecular complexity index is 477. The molecule has 116 valence electrons. The first-order chi connectivity index (χ1) is 10.2. The van der Waals surface area contributed by atoms with Crippen molar-refractivity contribution in [3.63, 3.8) is 0 Å². The summed E-state index contributed by atoms with van der Waals surface area (Å²) >= 11 is 0. The van der Waals surface area contributed by atoms with E-state index in [9.17, 15) is 0 Å². The summed E-state index contributed by atoms with van der Waals surface area (Å²) in [4.78, 5) is 7.11. The number of pyridine rings is 1. The lowest BCUT2D eigenvalue weighted by atomic mass is 10.2. The Kier molecular flexibility index (Phi) is 4.73. The number of hydrogen-bond acceptors (Lipinski definition) is 5. The third-order valence-corrected chi connectivity index (χ3v) is 4.15. The maximum absolute atomic E-state index is 5.64. The lowest BCUT2D eigenvalue weighted by molar-refractivity contribution is -0.0116. The standard InChI is InChI=1S/C16H25N3O2/c1-12-7-16(20-2)8-14(18-12)10-19-5-6-21-11-15(19)9-17-13-3-4-13/h7-8,13,15,17H,3-6,9-11H2,1-2H3. The summed E-state index contributed by atoms with van der Waals surface area (Å²) in [5.41, 5.74) is 2.08. The van der Waals surface area contributed by atoms with Crippen LogP contribution >= 0.6 is 0 Å². The summed E-state index contributed by atoms with van der Waals surface area (Å²) < 4.78 is 11.0. The summed E-state index contributed by atoms with van der Waals surface area (Å²) in [6.45, 7) is 6.46. The monoisotopic (exact) mass is 291 g/mol. The average molecular weight is 291 g/mol. The Balaban J connectivity index is 1.63. The molecular formula is C16H25N3O2. The van der Waals surface area contributed by atoms with Gasteiger partial charge in [0.25, 0.3) is 0 Å². The minimum atomic E-state index is 0.438. The summed E-state index contributed by atoms with van der Waals surface area (Å²) in [5, 5.41) is 3.61. The number of ether oxygens (including phenoxy) is 2. The van der Waals surface area contributed by atoms with Crippen LogP contribution < -0.4 is 10.1 Å². The molecule has 0 amide bonds. The van der Waals surface area contributed by atoms with Crippen LogP contribution in [0.2, 0.25) is 0 Å². The van der Waals surface area contributed by atoms with Crippen LogP contribution in [0.4, 0.5) is 0 Å². The van der Waals surface area contributed by atoms with Crippen LogP contribution in [0, 0.1) is 6.92 Å². The number of aromatic nitrogens is 1. The topological polar surface area (TPSA) is 46.6 Å². The van der Waals surface area contributed by atoms with Crippen molar-refractivity contribution in [1.82, 2.24) is 15.2 Å². The molecule has 1 aliphatic carbocycles. The van der Waals surface area contributed by atoms with Gasteiger partial charge in [0.05, 0.1) is 26.0 Å². The second-order valence-corrected chi connectivity index (χ2v) is 6.02. The first-order valence-electron chi connectivity index (χ1n) is 7.81. The fourth-order valence-electron chi connectivity index (χ4n) is 2.79. The van der Waals surface area contributed by atoms with Gasteiger partial charge in [0.2, 0.25) is 0 Å². The van der Waals surface area contributed by atoms with Crippen molar-refractivity contribution in [3.8, 4) is 5.75 Å². The number of methoxy groups -OCH3 is 1. The highest BCUT2D eigenvalue weighted by Crippen LogP contribution is 2.20. The Morgan fingerprint density at radius 1 is 1.43 bits per heavy atom. The van der Waals surface area contributed by atoms with Crippen LogP contribution in [0.5, 0.6) is 5.75 Å². The summed E-state index contributed by atoms with van der Waals surface area (Å²) in [6.07, 6.45) is 2.65. The van der Waals surface area contributed by atoms with E-state index >= 15 is 0 Å². The average Bonchev–Trinajstić information content (AvgIpc) is 3.30. The van der Waals surface area contributed by atoms with Crippen molar-refractivity contribution in [1.29, 1.82) is 0 Å². The van der Waals surface area contributed by atoms with Crippen LogP contribution in [0.3, 0.4) is 0 Å². The van der Waals surface area contributed by atoms with Gasteiger partial charge in [-0.15, -0.1) is 0 Å². The van der Waals surface area contributed by atoms with Gasteiger partial charge in [0.1, 0.15) is 5.75 Å².